The number of urea groups is 1. The van der Waals surface area contributed by atoms with Crippen molar-refractivity contribution in [1.29, 1.82) is 0 Å². The fraction of sp³-hybridized carbons (Fsp3) is 0.273. The molecule has 0 heterocycles. The van der Waals surface area contributed by atoms with E-state index in [1.165, 1.54) is 47.5 Å². The molecule has 2 atom stereocenters. The molecular formula is C44H48F2N4O7. The number of fused-ring (bicyclic) bond motifs is 2. The summed E-state index contributed by atoms with van der Waals surface area (Å²) in [5.41, 5.74) is 11.0. The third-order valence-corrected chi connectivity index (χ3v) is 9.03. The minimum atomic E-state index is -0.519. The first kappa shape index (κ1) is 42.1. The zero-order chi connectivity index (χ0) is 40.4. The maximum absolute atomic E-state index is 12.8. The van der Waals surface area contributed by atoms with E-state index in [1.807, 2.05) is 54.6 Å². The van der Waals surface area contributed by atoms with Gasteiger partial charge in [0.15, 0.2) is 0 Å². The first-order valence-corrected chi connectivity index (χ1v) is 18.8. The Kier molecular flexibility index (Phi) is 16.2. The topological polar surface area (TPSA) is 164 Å². The average molecular weight is 783 g/mol. The summed E-state index contributed by atoms with van der Waals surface area (Å²) in [7, 11) is 0. The van der Waals surface area contributed by atoms with Gasteiger partial charge in [-0.15, -0.1) is 0 Å². The van der Waals surface area contributed by atoms with E-state index in [0.717, 1.165) is 42.5 Å². The summed E-state index contributed by atoms with van der Waals surface area (Å²) in [6.07, 6.45) is 3.08. The van der Waals surface area contributed by atoms with Gasteiger partial charge in [-0.05, 0) is 121 Å². The monoisotopic (exact) mass is 782 g/mol. The van der Waals surface area contributed by atoms with Crippen LogP contribution in [0.4, 0.5) is 29.7 Å². The van der Waals surface area contributed by atoms with Crippen LogP contribution in [0.25, 0.3) is 0 Å². The molecule has 0 spiro atoms. The van der Waals surface area contributed by atoms with Crippen molar-refractivity contribution in [2.45, 2.75) is 50.7 Å². The number of hydrogen-bond acceptors (Lipinski definition) is 8. The first-order chi connectivity index (χ1) is 27.7. The number of halogens is 2. The number of ether oxygens (including phenoxy) is 3. The van der Waals surface area contributed by atoms with Crippen molar-refractivity contribution < 1.29 is 42.8 Å². The highest BCUT2D eigenvalue weighted by Gasteiger charge is 2.21. The second-order valence-electron chi connectivity index (χ2n) is 13.3. The van der Waals surface area contributed by atoms with E-state index in [0.29, 0.717) is 55.5 Å². The smallest absolute Gasteiger partial charge is 0.417 e. The molecule has 11 nitrogen and oxygen atoms in total. The Morgan fingerprint density at radius 2 is 1.14 bits per heavy atom. The van der Waals surface area contributed by atoms with Crippen molar-refractivity contribution in [2.24, 2.45) is 5.73 Å². The molecule has 300 valence electrons. The van der Waals surface area contributed by atoms with Gasteiger partial charge in [0.1, 0.15) is 42.1 Å². The minimum absolute atomic E-state index is 0.259. The van der Waals surface area contributed by atoms with Crippen molar-refractivity contribution in [3.63, 3.8) is 0 Å². The summed E-state index contributed by atoms with van der Waals surface area (Å²) < 4.78 is 40.9. The molecular weight excluding hydrogens is 735 g/mol. The van der Waals surface area contributed by atoms with Crippen LogP contribution in [0.1, 0.15) is 35.1 Å². The van der Waals surface area contributed by atoms with E-state index < -0.39 is 6.09 Å². The standard InChI is InChI=1S/C19H21FN2O3.C17H17NO3.C8H10FNO/c20-14-5-8-16(9-6-14)25-11-10-21-19(24)22-18-3-1-2-13-4-7-15(23)12-17(13)18;19-13-10-9-12-5-4-8-16(15(12)11-13)18-17(20)21-14-6-2-1-3-7-14;9-7-1-3-8(4-2-7)11-6-5-10/h1-3,5-6,8-9,15,23H,4,7,10-12H2,(H2,21,22,24);1-8,13,19H,9-11H2,(H,18,20);1-4H,5-6,10H2. The third kappa shape index (κ3) is 13.9. The van der Waals surface area contributed by atoms with Gasteiger partial charge in [-0.2, -0.15) is 0 Å². The van der Waals surface area contributed by atoms with Crippen molar-refractivity contribution in [2.75, 3.05) is 36.9 Å². The van der Waals surface area contributed by atoms with E-state index in [1.54, 1.807) is 24.3 Å². The van der Waals surface area contributed by atoms with E-state index >= 15 is 0 Å². The quantitative estimate of drug-likeness (QED) is 0.0812. The lowest BCUT2D eigenvalue weighted by molar-refractivity contribution is 0.158. The Morgan fingerprint density at radius 3 is 1.67 bits per heavy atom. The molecule has 0 bridgehead atoms. The number of nitrogens with one attached hydrogen (secondary N) is 3. The highest BCUT2D eigenvalue weighted by molar-refractivity contribution is 5.90. The van der Waals surface area contributed by atoms with Crippen molar-refractivity contribution in [1.82, 2.24) is 5.32 Å². The van der Waals surface area contributed by atoms with Gasteiger partial charge in [-0.25, -0.2) is 18.4 Å². The molecule has 7 rings (SSSR count). The molecule has 2 aliphatic carbocycles. The lowest BCUT2D eigenvalue weighted by Gasteiger charge is -2.23. The molecule has 2 aliphatic rings. The Bertz CT molecular complexity index is 2020. The van der Waals surface area contributed by atoms with Gasteiger partial charge in [0.05, 0.1) is 18.8 Å². The average Bonchev–Trinajstić information content (AvgIpc) is 3.21. The molecule has 0 radical (unpaired) electrons. The molecule has 2 unspecified atom stereocenters. The van der Waals surface area contributed by atoms with E-state index in [-0.39, 0.29) is 36.5 Å². The maximum atomic E-state index is 12.8. The third-order valence-electron chi connectivity index (χ3n) is 9.03. The molecule has 13 heteroatoms. The number of para-hydroxylation sites is 1. The zero-order valence-corrected chi connectivity index (χ0v) is 31.5. The van der Waals surface area contributed by atoms with Gasteiger partial charge in [-0.1, -0.05) is 42.5 Å². The van der Waals surface area contributed by atoms with E-state index in [2.05, 4.69) is 16.0 Å². The summed E-state index contributed by atoms with van der Waals surface area (Å²) in [6, 6.07) is 31.7. The number of aryl methyl sites for hydroxylation is 2. The van der Waals surface area contributed by atoms with Gasteiger partial charge < -0.3 is 40.8 Å². The van der Waals surface area contributed by atoms with Crippen LogP contribution in [0, 0.1) is 11.6 Å². The normalized spacial score (nSPS) is 15.1. The number of aliphatic hydroxyl groups is 2. The number of carbonyl (C=O) groups is 2. The summed E-state index contributed by atoms with van der Waals surface area (Å²) in [4.78, 5) is 24.0. The van der Waals surface area contributed by atoms with E-state index in [9.17, 15) is 28.6 Å². The summed E-state index contributed by atoms with van der Waals surface area (Å²) in [6.45, 7) is 1.54. The van der Waals surface area contributed by atoms with Gasteiger partial charge >= 0.3 is 12.1 Å². The predicted octanol–water partition coefficient (Wildman–Crippen LogP) is 7.19. The van der Waals surface area contributed by atoms with Crippen molar-refractivity contribution in [3.05, 3.63) is 149 Å². The van der Waals surface area contributed by atoms with Crippen LogP contribution < -0.4 is 35.9 Å². The van der Waals surface area contributed by atoms with E-state index in [4.69, 9.17) is 19.9 Å². The lowest BCUT2D eigenvalue weighted by Crippen LogP contribution is -2.33. The fourth-order valence-corrected chi connectivity index (χ4v) is 6.24. The Balaban J connectivity index is 0.000000175. The predicted molar refractivity (Wildman–Crippen MR) is 215 cm³/mol. The molecule has 57 heavy (non-hydrogen) atoms. The van der Waals surface area contributed by atoms with Gasteiger partial charge in [0.2, 0.25) is 0 Å². The molecule has 3 amide bonds. The summed E-state index contributed by atoms with van der Waals surface area (Å²) in [5, 5.41) is 28.0. The second-order valence-corrected chi connectivity index (χ2v) is 13.3. The lowest BCUT2D eigenvalue weighted by atomic mass is 9.88. The van der Waals surface area contributed by atoms with Crippen LogP contribution in [0.2, 0.25) is 0 Å². The SMILES string of the molecule is NCCOc1ccc(F)cc1.O=C(NCCOc1ccc(F)cc1)Nc1cccc2c1CC(O)CC2.O=C(Nc1cccc2c1CC(O)CC2)Oc1ccccc1. The molecule has 0 saturated heterocycles. The number of carbonyl (C=O) groups excluding carboxylic acids is 2. The maximum Gasteiger partial charge on any atom is 0.417 e. The molecule has 0 saturated carbocycles. The van der Waals surface area contributed by atoms with Crippen LogP contribution >= 0.6 is 0 Å². The fourth-order valence-electron chi connectivity index (χ4n) is 6.24. The number of benzene rings is 5. The molecule has 0 aromatic heterocycles. The van der Waals surface area contributed by atoms with Crippen LogP contribution in [-0.2, 0) is 25.7 Å². The Morgan fingerprint density at radius 1 is 0.632 bits per heavy atom. The van der Waals surface area contributed by atoms with Crippen LogP contribution in [0.15, 0.2) is 115 Å². The number of nitrogens with two attached hydrogens (primary N) is 1. The molecule has 7 N–H and O–H groups in total. The highest BCUT2D eigenvalue weighted by atomic mass is 19.1. The second kappa shape index (κ2) is 21.9. The summed E-state index contributed by atoms with van der Waals surface area (Å²) in [5.74, 6) is 1.12. The molecule has 0 aliphatic heterocycles. The number of amides is 3. The summed E-state index contributed by atoms with van der Waals surface area (Å²) >= 11 is 0. The van der Waals surface area contributed by atoms with Gasteiger partial charge in [-0.3, -0.25) is 5.32 Å². The number of aliphatic hydroxyl groups excluding tert-OH is 2. The minimum Gasteiger partial charge on any atom is -0.492 e. The van der Waals surface area contributed by atoms with Gasteiger partial charge in [0, 0.05) is 30.8 Å². The number of anilines is 2. The van der Waals surface area contributed by atoms with Gasteiger partial charge in [0.25, 0.3) is 0 Å². The zero-order valence-electron chi connectivity index (χ0n) is 31.5. The Hall–Kier alpha value is -6.02. The largest absolute Gasteiger partial charge is 0.492 e. The number of hydrogen-bond donors (Lipinski definition) is 6. The van der Waals surface area contributed by atoms with Crippen LogP contribution in [0.5, 0.6) is 17.2 Å². The highest BCUT2D eigenvalue weighted by Crippen LogP contribution is 2.29. The van der Waals surface area contributed by atoms with Crippen molar-refractivity contribution in [3.8, 4) is 17.2 Å². The Labute approximate surface area is 330 Å². The first-order valence-electron chi connectivity index (χ1n) is 18.8. The molecule has 0 fully saturated rings. The van der Waals surface area contributed by atoms with Crippen LogP contribution in [0.3, 0.4) is 0 Å². The molecule has 5 aromatic carbocycles. The van der Waals surface area contributed by atoms with Crippen LogP contribution in [-0.4, -0.2) is 60.8 Å². The van der Waals surface area contributed by atoms with Crippen molar-refractivity contribution >= 4 is 23.5 Å². The molecule has 5 aromatic rings. The number of rotatable bonds is 10.